The zero-order valence-corrected chi connectivity index (χ0v) is 12.6. The molecule has 1 heterocycles. The number of anilines is 1. The molecule has 5 heteroatoms. The molecule has 1 aliphatic rings. The number of nitrogens with two attached hydrogens (primary N) is 1. The molecule has 0 aliphatic carbocycles. The number of nitrogens with zero attached hydrogens (tertiary/aromatic N) is 1. The summed E-state index contributed by atoms with van der Waals surface area (Å²) in [6.07, 6.45) is 1.86. The first kappa shape index (κ1) is 14.3. The maximum atomic E-state index is 12.6. The van der Waals surface area contributed by atoms with Gasteiger partial charge in [-0.1, -0.05) is 6.92 Å². The lowest BCUT2D eigenvalue weighted by molar-refractivity contribution is 0.288. The monoisotopic (exact) mass is 282 g/mol. The molecule has 2 rings (SSSR count). The molecule has 0 bridgehead atoms. The van der Waals surface area contributed by atoms with Crippen LogP contribution in [-0.2, 0) is 10.0 Å². The highest BCUT2D eigenvalue weighted by atomic mass is 32.2. The van der Waals surface area contributed by atoms with Crippen LogP contribution in [0.25, 0.3) is 0 Å². The smallest absolute Gasteiger partial charge is 0.243 e. The molecule has 4 nitrogen and oxygen atoms in total. The number of rotatable bonds is 2. The van der Waals surface area contributed by atoms with Crippen molar-refractivity contribution in [1.82, 2.24) is 4.31 Å². The Labute approximate surface area is 115 Å². The summed E-state index contributed by atoms with van der Waals surface area (Å²) in [6, 6.07) is 3.30. The quantitative estimate of drug-likeness (QED) is 0.847. The number of hydrogen-bond acceptors (Lipinski definition) is 3. The lowest BCUT2D eigenvalue weighted by Crippen LogP contribution is -2.37. The van der Waals surface area contributed by atoms with Crippen molar-refractivity contribution in [2.75, 3.05) is 18.8 Å². The summed E-state index contributed by atoms with van der Waals surface area (Å²) in [5, 5.41) is 0. The van der Waals surface area contributed by atoms with Gasteiger partial charge in [0.05, 0.1) is 4.90 Å². The van der Waals surface area contributed by atoms with Gasteiger partial charge in [0.15, 0.2) is 0 Å². The minimum atomic E-state index is -3.39. The number of aryl methyl sites for hydroxylation is 1. The Morgan fingerprint density at radius 2 is 1.79 bits per heavy atom. The fourth-order valence-electron chi connectivity index (χ4n) is 2.38. The van der Waals surface area contributed by atoms with Crippen LogP contribution in [0, 0.1) is 19.8 Å². The minimum absolute atomic E-state index is 0.322. The normalized spacial score (nSPS) is 18.7. The van der Waals surface area contributed by atoms with Gasteiger partial charge in [-0.3, -0.25) is 0 Å². The molecule has 1 fully saturated rings. The zero-order chi connectivity index (χ0) is 14.2. The van der Waals surface area contributed by atoms with Crippen molar-refractivity contribution >= 4 is 15.7 Å². The first-order valence-corrected chi connectivity index (χ1v) is 8.13. The Bertz CT molecular complexity index is 550. The van der Waals surface area contributed by atoms with Crippen molar-refractivity contribution < 1.29 is 8.42 Å². The van der Waals surface area contributed by atoms with Crippen molar-refractivity contribution in [2.24, 2.45) is 5.92 Å². The SMILES string of the molecule is Cc1cc(S(=O)(=O)N2CCC(C)CC2)cc(N)c1C. The van der Waals surface area contributed by atoms with E-state index in [-0.39, 0.29) is 0 Å². The van der Waals surface area contributed by atoms with E-state index < -0.39 is 10.0 Å². The van der Waals surface area contributed by atoms with Crippen LogP contribution in [-0.4, -0.2) is 25.8 Å². The summed E-state index contributed by atoms with van der Waals surface area (Å²) >= 11 is 0. The van der Waals surface area contributed by atoms with Crippen molar-refractivity contribution in [1.29, 1.82) is 0 Å². The van der Waals surface area contributed by atoms with Crippen LogP contribution < -0.4 is 5.73 Å². The Balaban J connectivity index is 2.35. The molecule has 106 valence electrons. The van der Waals surface area contributed by atoms with Gasteiger partial charge in [-0.25, -0.2) is 8.42 Å². The molecule has 0 aromatic heterocycles. The highest BCUT2D eigenvalue weighted by molar-refractivity contribution is 7.89. The van der Waals surface area contributed by atoms with Crippen LogP contribution in [0.15, 0.2) is 17.0 Å². The lowest BCUT2D eigenvalue weighted by atomic mass is 10.0. The van der Waals surface area contributed by atoms with Gasteiger partial charge >= 0.3 is 0 Å². The first-order chi connectivity index (χ1) is 8.82. The summed E-state index contributed by atoms with van der Waals surface area (Å²) in [5.74, 6) is 0.608. The molecule has 0 saturated carbocycles. The standard InChI is InChI=1S/C14H22N2O2S/c1-10-4-6-16(7-5-10)19(17,18)13-8-11(2)12(3)14(15)9-13/h8-10H,4-7,15H2,1-3H3. The lowest BCUT2D eigenvalue weighted by Gasteiger charge is -2.29. The van der Waals surface area contributed by atoms with Crippen molar-refractivity contribution in [3.8, 4) is 0 Å². The molecule has 2 N–H and O–H groups in total. The van der Waals surface area contributed by atoms with Gasteiger partial charge in [-0.15, -0.1) is 0 Å². The second-order valence-electron chi connectivity index (χ2n) is 5.54. The van der Waals surface area contributed by atoms with E-state index in [0.717, 1.165) is 24.0 Å². The Morgan fingerprint density at radius 1 is 1.21 bits per heavy atom. The maximum absolute atomic E-state index is 12.6. The Morgan fingerprint density at radius 3 is 2.32 bits per heavy atom. The van der Waals surface area contributed by atoms with E-state index >= 15 is 0 Å². The minimum Gasteiger partial charge on any atom is -0.398 e. The molecule has 19 heavy (non-hydrogen) atoms. The van der Waals surface area contributed by atoms with Crippen molar-refractivity contribution in [3.05, 3.63) is 23.3 Å². The van der Waals surface area contributed by atoms with Crippen molar-refractivity contribution in [3.63, 3.8) is 0 Å². The second-order valence-corrected chi connectivity index (χ2v) is 7.48. The molecular formula is C14H22N2O2S. The highest BCUT2D eigenvalue weighted by Gasteiger charge is 2.28. The van der Waals surface area contributed by atoms with E-state index in [9.17, 15) is 8.42 Å². The third-order valence-electron chi connectivity index (χ3n) is 4.06. The van der Waals surface area contributed by atoms with Crippen LogP contribution in [0.3, 0.4) is 0 Å². The second kappa shape index (κ2) is 5.13. The van der Waals surface area contributed by atoms with E-state index in [1.807, 2.05) is 13.8 Å². The molecule has 0 radical (unpaired) electrons. The number of sulfonamides is 1. The molecule has 0 spiro atoms. The van der Waals surface area contributed by atoms with Gasteiger partial charge in [-0.05, 0) is 55.9 Å². The van der Waals surface area contributed by atoms with E-state index in [1.54, 1.807) is 16.4 Å². The first-order valence-electron chi connectivity index (χ1n) is 6.69. The third-order valence-corrected chi connectivity index (χ3v) is 5.94. The third kappa shape index (κ3) is 2.77. The van der Waals surface area contributed by atoms with Gasteiger partial charge in [0.25, 0.3) is 0 Å². The Kier molecular flexibility index (Phi) is 3.87. The average Bonchev–Trinajstić information content (AvgIpc) is 2.35. The molecule has 1 saturated heterocycles. The van der Waals surface area contributed by atoms with E-state index in [1.165, 1.54) is 0 Å². The molecule has 1 aromatic carbocycles. The Hall–Kier alpha value is -1.07. The van der Waals surface area contributed by atoms with Gasteiger partial charge < -0.3 is 5.73 Å². The van der Waals surface area contributed by atoms with Crippen LogP contribution in [0.1, 0.15) is 30.9 Å². The largest absolute Gasteiger partial charge is 0.398 e. The zero-order valence-electron chi connectivity index (χ0n) is 11.8. The van der Waals surface area contributed by atoms with Gasteiger partial charge in [0, 0.05) is 18.8 Å². The molecule has 1 aliphatic heterocycles. The number of hydrogen-bond donors (Lipinski definition) is 1. The molecule has 1 aromatic rings. The predicted molar refractivity (Wildman–Crippen MR) is 77.5 cm³/mol. The summed E-state index contributed by atoms with van der Waals surface area (Å²) in [7, 11) is -3.39. The summed E-state index contributed by atoms with van der Waals surface area (Å²) in [6.45, 7) is 7.18. The predicted octanol–water partition coefficient (Wildman–Crippen LogP) is 2.31. The van der Waals surface area contributed by atoms with E-state index in [4.69, 9.17) is 5.73 Å². The van der Waals surface area contributed by atoms with Crippen LogP contribution in [0.4, 0.5) is 5.69 Å². The van der Waals surface area contributed by atoms with E-state index in [2.05, 4.69) is 6.92 Å². The van der Waals surface area contributed by atoms with E-state index in [0.29, 0.717) is 29.6 Å². The summed E-state index contributed by atoms with van der Waals surface area (Å²) in [4.78, 5) is 0.322. The topological polar surface area (TPSA) is 63.4 Å². The van der Waals surface area contributed by atoms with Crippen molar-refractivity contribution in [2.45, 2.75) is 38.5 Å². The summed E-state index contributed by atoms with van der Waals surface area (Å²) in [5.41, 5.74) is 8.30. The van der Waals surface area contributed by atoms with Crippen LogP contribution >= 0.6 is 0 Å². The molecule has 0 unspecified atom stereocenters. The maximum Gasteiger partial charge on any atom is 0.243 e. The number of piperidine rings is 1. The number of benzene rings is 1. The van der Waals surface area contributed by atoms with Gasteiger partial charge in [0.2, 0.25) is 10.0 Å². The van der Waals surface area contributed by atoms with Gasteiger partial charge in [0.1, 0.15) is 0 Å². The highest BCUT2D eigenvalue weighted by Crippen LogP contribution is 2.27. The van der Waals surface area contributed by atoms with Crippen LogP contribution in [0.5, 0.6) is 0 Å². The molecule has 0 atom stereocenters. The molecular weight excluding hydrogens is 260 g/mol. The van der Waals surface area contributed by atoms with Gasteiger partial charge in [-0.2, -0.15) is 4.31 Å². The summed E-state index contributed by atoms with van der Waals surface area (Å²) < 4.78 is 26.7. The molecule has 0 amide bonds. The average molecular weight is 282 g/mol. The fourth-order valence-corrected chi connectivity index (χ4v) is 3.97. The van der Waals surface area contributed by atoms with Crippen LogP contribution in [0.2, 0.25) is 0 Å². The number of nitrogen functional groups attached to an aromatic ring is 1. The fraction of sp³-hybridized carbons (Fsp3) is 0.571.